The van der Waals surface area contributed by atoms with Crippen LogP contribution in [0.4, 0.5) is 4.79 Å². The highest BCUT2D eigenvalue weighted by Gasteiger charge is 2.30. The Labute approximate surface area is 302 Å². The van der Waals surface area contributed by atoms with E-state index < -0.39 is 41.1 Å². The van der Waals surface area contributed by atoms with Crippen molar-refractivity contribution in [3.8, 4) is 5.75 Å². The average Bonchev–Trinajstić information content (AvgIpc) is 3.03. The molecule has 4 amide bonds. The summed E-state index contributed by atoms with van der Waals surface area (Å²) >= 11 is 0. The van der Waals surface area contributed by atoms with Gasteiger partial charge in [0.2, 0.25) is 17.7 Å². The number of carbonyl (C=O) groups is 5. The molecule has 1 aliphatic rings. The Morgan fingerprint density at radius 3 is 2.18 bits per heavy atom. The number of esters is 1. The van der Waals surface area contributed by atoms with E-state index in [0.29, 0.717) is 31.7 Å². The quantitative estimate of drug-likeness (QED) is 0.229. The minimum atomic E-state index is -1.04. The number of rotatable bonds is 14. The zero-order valence-electron chi connectivity index (χ0n) is 31.4. The molecule has 12 heteroatoms. The number of piperidine rings is 1. The van der Waals surface area contributed by atoms with E-state index in [1.807, 2.05) is 76.2 Å². The number of hydrogen-bond acceptors (Lipinski definition) is 8. The van der Waals surface area contributed by atoms with Crippen molar-refractivity contribution in [1.82, 2.24) is 20.9 Å². The van der Waals surface area contributed by atoms with Gasteiger partial charge in [-0.25, -0.2) is 4.79 Å². The lowest BCUT2D eigenvalue weighted by Gasteiger charge is -2.34. The van der Waals surface area contributed by atoms with Crippen molar-refractivity contribution >= 4 is 29.8 Å². The highest BCUT2D eigenvalue weighted by molar-refractivity contribution is 5.92. The molecular formula is C39H56N4O8. The molecule has 0 aromatic heterocycles. The van der Waals surface area contributed by atoms with E-state index in [1.54, 1.807) is 25.7 Å². The highest BCUT2D eigenvalue weighted by Crippen LogP contribution is 2.23. The second-order valence-corrected chi connectivity index (χ2v) is 15.1. The van der Waals surface area contributed by atoms with E-state index in [4.69, 9.17) is 14.2 Å². The van der Waals surface area contributed by atoms with Gasteiger partial charge in [0.15, 0.2) is 0 Å². The maximum atomic E-state index is 13.7. The second kappa shape index (κ2) is 18.6. The van der Waals surface area contributed by atoms with Crippen molar-refractivity contribution in [3.63, 3.8) is 0 Å². The maximum absolute atomic E-state index is 13.7. The van der Waals surface area contributed by atoms with Gasteiger partial charge in [0.1, 0.15) is 35.1 Å². The molecule has 1 fully saturated rings. The zero-order chi connectivity index (χ0) is 37.8. The minimum absolute atomic E-state index is 0.00979. The molecule has 0 radical (unpaired) electrons. The summed E-state index contributed by atoms with van der Waals surface area (Å²) in [6.07, 6.45) is 1.76. The number of carbonyl (C=O) groups excluding carboxylic acids is 5. The molecule has 1 unspecified atom stereocenters. The van der Waals surface area contributed by atoms with Crippen LogP contribution in [0.15, 0.2) is 48.5 Å². The molecule has 1 saturated heterocycles. The first-order chi connectivity index (χ1) is 23.9. The van der Waals surface area contributed by atoms with Crippen LogP contribution in [0.5, 0.6) is 5.75 Å². The Morgan fingerprint density at radius 1 is 0.863 bits per heavy atom. The molecule has 0 spiro atoms. The molecule has 0 aliphatic carbocycles. The Bertz CT molecular complexity index is 1500. The summed E-state index contributed by atoms with van der Waals surface area (Å²) < 4.78 is 17.2. The van der Waals surface area contributed by atoms with Crippen molar-refractivity contribution in [2.75, 3.05) is 13.1 Å². The van der Waals surface area contributed by atoms with Crippen LogP contribution in [-0.2, 0) is 41.6 Å². The summed E-state index contributed by atoms with van der Waals surface area (Å²) in [4.78, 5) is 65.8. The molecule has 0 saturated carbocycles. The summed E-state index contributed by atoms with van der Waals surface area (Å²) in [6.45, 7) is 15.2. The Balaban J connectivity index is 1.69. The SMILES string of the molecule is CC(=O)N[C@@H](CCC(=O)OC(C)(C)C)C(=O)N[C@@H](CCc1ccccc1)C(=O)NCc1cc(OC2CCCN(C(=O)OC(C)(C)C)C2)ccc1C. The van der Waals surface area contributed by atoms with E-state index in [9.17, 15) is 24.0 Å². The number of nitrogens with one attached hydrogen (secondary N) is 3. The molecular weight excluding hydrogens is 652 g/mol. The molecule has 1 aliphatic heterocycles. The lowest BCUT2D eigenvalue weighted by Crippen LogP contribution is -2.53. The van der Waals surface area contributed by atoms with Crippen molar-refractivity contribution in [2.24, 2.45) is 0 Å². The van der Waals surface area contributed by atoms with Crippen molar-refractivity contribution < 1.29 is 38.2 Å². The van der Waals surface area contributed by atoms with Gasteiger partial charge in [-0.15, -0.1) is 0 Å². The average molecular weight is 709 g/mol. The third-order valence-corrected chi connectivity index (χ3v) is 8.05. The lowest BCUT2D eigenvalue weighted by atomic mass is 10.0. The molecule has 0 bridgehead atoms. The van der Waals surface area contributed by atoms with E-state index in [-0.39, 0.29) is 37.5 Å². The van der Waals surface area contributed by atoms with Gasteiger partial charge in [0, 0.05) is 26.4 Å². The summed E-state index contributed by atoms with van der Waals surface area (Å²) in [6, 6.07) is 13.3. The number of benzene rings is 2. The van der Waals surface area contributed by atoms with Crippen LogP contribution >= 0.6 is 0 Å². The Morgan fingerprint density at radius 2 is 1.53 bits per heavy atom. The molecule has 2 aromatic carbocycles. The third kappa shape index (κ3) is 15.0. The number of hydrogen-bond donors (Lipinski definition) is 3. The third-order valence-electron chi connectivity index (χ3n) is 8.05. The van der Waals surface area contributed by atoms with E-state index in [0.717, 1.165) is 29.5 Å². The predicted octanol–water partition coefficient (Wildman–Crippen LogP) is 5.13. The van der Waals surface area contributed by atoms with Crippen LogP contribution in [0.25, 0.3) is 0 Å². The van der Waals surface area contributed by atoms with Crippen molar-refractivity contribution in [3.05, 3.63) is 65.2 Å². The molecule has 3 N–H and O–H groups in total. The zero-order valence-corrected chi connectivity index (χ0v) is 31.4. The first kappa shape index (κ1) is 40.8. The summed E-state index contributed by atoms with van der Waals surface area (Å²) in [5.74, 6) is -1.26. The fraction of sp³-hybridized carbons (Fsp3) is 0.564. The minimum Gasteiger partial charge on any atom is -0.489 e. The largest absolute Gasteiger partial charge is 0.489 e. The van der Waals surface area contributed by atoms with Gasteiger partial charge in [0.25, 0.3) is 0 Å². The fourth-order valence-electron chi connectivity index (χ4n) is 5.60. The first-order valence-corrected chi connectivity index (χ1v) is 17.7. The monoisotopic (exact) mass is 708 g/mol. The summed E-state index contributed by atoms with van der Waals surface area (Å²) in [5.41, 5.74) is 1.51. The smallest absolute Gasteiger partial charge is 0.410 e. The highest BCUT2D eigenvalue weighted by atomic mass is 16.6. The molecule has 1 heterocycles. The van der Waals surface area contributed by atoms with Crippen molar-refractivity contribution in [1.29, 1.82) is 0 Å². The van der Waals surface area contributed by atoms with Crippen LogP contribution in [-0.4, -0.2) is 77.2 Å². The van der Waals surface area contributed by atoms with E-state index >= 15 is 0 Å². The molecule has 280 valence electrons. The van der Waals surface area contributed by atoms with Crippen LogP contribution in [0.1, 0.15) is 97.3 Å². The molecule has 3 rings (SSSR count). The lowest BCUT2D eigenvalue weighted by molar-refractivity contribution is -0.155. The number of ether oxygens (including phenoxy) is 3. The van der Waals surface area contributed by atoms with Crippen LogP contribution < -0.4 is 20.7 Å². The Kier molecular flexibility index (Phi) is 14.9. The molecule has 12 nitrogen and oxygen atoms in total. The van der Waals surface area contributed by atoms with Gasteiger partial charge in [0.05, 0.1) is 6.54 Å². The number of aryl methyl sites for hydroxylation is 2. The van der Waals surface area contributed by atoms with Gasteiger partial charge < -0.3 is 35.1 Å². The van der Waals surface area contributed by atoms with Crippen LogP contribution in [0.2, 0.25) is 0 Å². The van der Waals surface area contributed by atoms with Crippen LogP contribution in [0.3, 0.4) is 0 Å². The first-order valence-electron chi connectivity index (χ1n) is 17.7. The van der Waals surface area contributed by atoms with E-state index in [1.165, 1.54) is 6.92 Å². The number of nitrogens with zero attached hydrogens (tertiary/aromatic N) is 1. The summed E-state index contributed by atoms with van der Waals surface area (Å²) in [7, 11) is 0. The second-order valence-electron chi connectivity index (χ2n) is 15.1. The normalized spacial score (nSPS) is 15.9. The molecule has 3 atom stereocenters. The van der Waals surface area contributed by atoms with Gasteiger partial charge in [-0.05, 0) is 109 Å². The van der Waals surface area contributed by atoms with E-state index in [2.05, 4.69) is 16.0 Å². The number of amides is 4. The Hall–Kier alpha value is -4.61. The predicted molar refractivity (Wildman–Crippen MR) is 194 cm³/mol. The van der Waals surface area contributed by atoms with Gasteiger partial charge in [-0.2, -0.15) is 0 Å². The van der Waals surface area contributed by atoms with Crippen LogP contribution in [0, 0.1) is 6.92 Å². The maximum Gasteiger partial charge on any atom is 0.410 e. The molecule has 2 aromatic rings. The summed E-state index contributed by atoms with van der Waals surface area (Å²) in [5, 5.41) is 8.40. The van der Waals surface area contributed by atoms with Gasteiger partial charge in [-0.1, -0.05) is 36.4 Å². The number of likely N-dealkylation sites (tertiary alicyclic amines) is 1. The fourth-order valence-corrected chi connectivity index (χ4v) is 5.60. The van der Waals surface area contributed by atoms with Gasteiger partial charge in [-0.3, -0.25) is 19.2 Å². The molecule has 51 heavy (non-hydrogen) atoms. The standard InChI is InChI=1S/C39H56N4O8/c1-26-16-18-30(49-31-15-12-22-43(25-31)37(48)51-39(6,7)8)23-29(26)24-40-35(46)32(19-17-28-13-10-9-11-14-28)42-36(47)33(41-27(2)44)20-21-34(45)50-38(3,4)5/h9-11,13-14,16,18,23,31-33H,12,15,17,19-22,24-25H2,1-8H3,(H,40,46)(H,41,44)(H,42,47)/t31?,32-,33-/m0/s1. The van der Waals surface area contributed by atoms with Gasteiger partial charge >= 0.3 is 12.1 Å². The topological polar surface area (TPSA) is 152 Å². The van der Waals surface area contributed by atoms with Crippen molar-refractivity contribution in [2.45, 2.75) is 130 Å².